The second-order valence-electron chi connectivity index (χ2n) is 8.12. The maximum atomic E-state index is 13.1. The van der Waals surface area contributed by atoms with Gasteiger partial charge in [-0.15, -0.1) is 0 Å². The molecule has 7 nitrogen and oxygen atoms in total. The normalized spacial score (nSPS) is 16.3. The van der Waals surface area contributed by atoms with Gasteiger partial charge < -0.3 is 24.1 Å². The lowest BCUT2D eigenvalue weighted by molar-refractivity contribution is 0.0697. The molecule has 1 N–H and O–H groups in total. The Hall–Kier alpha value is -3.32. The van der Waals surface area contributed by atoms with E-state index in [0.29, 0.717) is 41.3 Å². The van der Waals surface area contributed by atoms with Crippen molar-refractivity contribution >= 4 is 34.2 Å². The third-order valence-electron chi connectivity index (χ3n) is 6.00. The monoisotopic (exact) mass is 436 g/mol. The van der Waals surface area contributed by atoms with Crippen LogP contribution in [-0.2, 0) is 4.74 Å². The molecule has 168 valence electrons. The Morgan fingerprint density at radius 2 is 2.03 bits per heavy atom. The van der Waals surface area contributed by atoms with E-state index in [-0.39, 0.29) is 17.1 Å². The van der Waals surface area contributed by atoms with Crippen molar-refractivity contribution in [3.63, 3.8) is 0 Å². The van der Waals surface area contributed by atoms with Gasteiger partial charge in [0, 0.05) is 32.8 Å². The Morgan fingerprint density at radius 1 is 1.25 bits per heavy atom. The summed E-state index contributed by atoms with van der Waals surface area (Å²) in [4.78, 5) is 28.9. The first-order valence-corrected chi connectivity index (χ1v) is 10.9. The second-order valence-corrected chi connectivity index (χ2v) is 8.12. The SMILES string of the molecule is CCN(c1ccccc1C(=O)O)c1cc(C)cc2c(=O)cc(N3CCC[C@H](OC)C3)oc12. The lowest BCUT2D eigenvalue weighted by Gasteiger charge is -2.32. The zero-order chi connectivity index (χ0) is 22.8. The highest BCUT2D eigenvalue weighted by Gasteiger charge is 2.24. The zero-order valence-electron chi connectivity index (χ0n) is 18.6. The lowest BCUT2D eigenvalue weighted by Crippen LogP contribution is -2.39. The standard InChI is InChI=1S/C25H28N2O5/c1-4-27(20-10-6-5-9-18(20)25(29)30)21-13-16(2)12-19-22(28)14-23(32-24(19)21)26-11-7-8-17(15-26)31-3/h5-6,9-10,12-14,17H,4,7-8,11,15H2,1-3H3,(H,29,30)/t17-/m0/s1. The molecule has 1 aromatic heterocycles. The minimum Gasteiger partial charge on any atom is -0.478 e. The number of hydrogen-bond donors (Lipinski definition) is 1. The van der Waals surface area contributed by atoms with E-state index in [9.17, 15) is 14.7 Å². The zero-order valence-corrected chi connectivity index (χ0v) is 18.6. The highest BCUT2D eigenvalue weighted by Crippen LogP contribution is 2.36. The number of carboxylic acids is 1. The van der Waals surface area contributed by atoms with Crippen LogP contribution in [0.3, 0.4) is 0 Å². The van der Waals surface area contributed by atoms with Crippen LogP contribution in [0.5, 0.6) is 0 Å². The average molecular weight is 437 g/mol. The molecule has 1 atom stereocenters. The number of rotatable bonds is 6. The molecule has 0 bridgehead atoms. The minimum absolute atomic E-state index is 0.0943. The van der Waals surface area contributed by atoms with Gasteiger partial charge in [-0.25, -0.2) is 4.79 Å². The van der Waals surface area contributed by atoms with Crippen molar-refractivity contribution in [1.29, 1.82) is 0 Å². The Balaban J connectivity index is 1.90. The van der Waals surface area contributed by atoms with Gasteiger partial charge in [0.15, 0.2) is 16.9 Å². The summed E-state index contributed by atoms with van der Waals surface area (Å²) >= 11 is 0. The van der Waals surface area contributed by atoms with E-state index in [1.807, 2.05) is 41.8 Å². The maximum absolute atomic E-state index is 13.1. The molecule has 0 spiro atoms. The molecule has 1 fully saturated rings. The highest BCUT2D eigenvalue weighted by molar-refractivity contribution is 5.99. The molecule has 7 heteroatoms. The molecule has 0 amide bonds. The van der Waals surface area contributed by atoms with Gasteiger partial charge in [-0.3, -0.25) is 4.79 Å². The van der Waals surface area contributed by atoms with Crippen molar-refractivity contribution in [3.05, 3.63) is 63.8 Å². The number of benzene rings is 2. The van der Waals surface area contributed by atoms with E-state index >= 15 is 0 Å². The van der Waals surface area contributed by atoms with Crippen molar-refractivity contribution in [1.82, 2.24) is 0 Å². The van der Waals surface area contributed by atoms with E-state index < -0.39 is 5.97 Å². The number of carboxylic acid groups (broad SMARTS) is 1. The predicted molar refractivity (Wildman–Crippen MR) is 126 cm³/mol. The van der Waals surface area contributed by atoms with E-state index in [1.54, 1.807) is 31.4 Å². The van der Waals surface area contributed by atoms with Gasteiger partial charge in [0.2, 0.25) is 0 Å². The Bertz CT molecular complexity index is 1200. The minimum atomic E-state index is -1.00. The first-order chi connectivity index (χ1) is 15.4. The van der Waals surface area contributed by atoms with Gasteiger partial charge in [0.25, 0.3) is 0 Å². The molecule has 1 aliphatic rings. The summed E-state index contributed by atoms with van der Waals surface area (Å²) in [5.74, 6) is -0.492. The number of para-hydroxylation sites is 1. The molecule has 2 aromatic carbocycles. The Labute approximate surface area is 186 Å². The van der Waals surface area contributed by atoms with Gasteiger partial charge in [-0.1, -0.05) is 12.1 Å². The fourth-order valence-corrected chi connectivity index (χ4v) is 4.42. The van der Waals surface area contributed by atoms with Gasteiger partial charge in [-0.2, -0.15) is 0 Å². The predicted octanol–water partition coefficient (Wildman–Crippen LogP) is 4.57. The summed E-state index contributed by atoms with van der Waals surface area (Å²) in [6, 6.07) is 12.2. The van der Waals surface area contributed by atoms with E-state index in [0.717, 1.165) is 24.9 Å². The molecule has 32 heavy (non-hydrogen) atoms. The number of methoxy groups -OCH3 is 1. The molecule has 1 aliphatic heterocycles. The van der Waals surface area contributed by atoms with Gasteiger partial charge in [-0.05, 0) is 56.5 Å². The van der Waals surface area contributed by atoms with Crippen LogP contribution in [0.1, 0.15) is 35.7 Å². The summed E-state index contributed by atoms with van der Waals surface area (Å²) in [5.41, 5.74) is 2.67. The fourth-order valence-electron chi connectivity index (χ4n) is 4.42. The van der Waals surface area contributed by atoms with Gasteiger partial charge >= 0.3 is 5.97 Å². The molecule has 0 saturated carbocycles. The van der Waals surface area contributed by atoms with Crippen LogP contribution >= 0.6 is 0 Å². The Morgan fingerprint density at radius 3 is 2.75 bits per heavy atom. The number of hydrogen-bond acceptors (Lipinski definition) is 6. The highest BCUT2D eigenvalue weighted by atomic mass is 16.5. The third-order valence-corrected chi connectivity index (χ3v) is 6.00. The molecule has 0 unspecified atom stereocenters. The van der Waals surface area contributed by atoms with Crippen molar-refractivity contribution in [3.8, 4) is 0 Å². The van der Waals surface area contributed by atoms with Gasteiger partial charge in [0.05, 0.1) is 28.4 Å². The summed E-state index contributed by atoms with van der Waals surface area (Å²) < 4.78 is 11.9. The van der Waals surface area contributed by atoms with Crippen LogP contribution < -0.4 is 15.2 Å². The lowest BCUT2D eigenvalue weighted by atomic mass is 10.1. The smallest absolute Gasteiger partial charge is 0.337 e. The van der Waals surface area contributed by atoms with Crippen LogP contribution in [-0.4, -0.2) is 43.9 Å². The number of fused-ring (bicyclic) bond motifs is 1. The fraction of sp³-hybridized carbons (Fsp3) is 0.360. The number of aryl methyl sites for hydroxylation is 1. The number of piperidine rings is 1. The second kappa shape index (κ2) is 9.04. The van der Waals surface area contributed by atoms with E-state index in [4.69, 9.17) is 9.15 Å². The van der Waals surface area contributed by atoms with Crippen LogP contribution in [0, 0.1) is 6.92 Å². The quantitative estimate of drug-likeness (QED) is 0.606. The molecule has 1 saturated heterocycles. The van der Waals surface area contributed by atoms with Crippen molar-refractivity contribution in [2.24, 2.45) is 0 Å². The van der Waals surface area contributed by atoms with Crippen LogP contribution in [0.2, 0.25) is 0 Å². The van der Waals surface area contributed by atoms with Crippen molar-refractivity contribution in [2.75, 3.05) is 36.5 Å². The molecular formula is C25H28N2O5. The van der Waals surface area contributed by atoms with E-state index in [1.165, 1.54) is 0 Å². The molecule has 4 rings (SSSR count). The molecular weight excluding hydrogens is 408 g/mol. The largest absolute Gasteiger partial charge is 0.478 e. The Kier molecular flexibility index (Phi) is 6.19. The van der Waals surface area contributed by atoms with Crippen LogP contribution in [0.4, 0.5) is 17.3 Å². The van der Waals surface area contributed by atoms with Gasteiger partial charge in [0.1, 0.15) is 0 Å². The summed E-state index contributed by atoms with van der Waals surface area (Å²) in [5, 5.41) is 10.2. The third kappa shape index (κ3) is 4.08. The average Bonchev–Trinajstić information content (AvgIpc) is 2.80. The summed E-state index contributed by atoms with van der Waals surface area (Å²) in [7, 11) is 1.70. The molecule has 0 radical (unpaired) electrons. The maximum Gasteiger partial charge on any atom is 0.337 e. The molecule has 0 aliphatic carbocycles. The van der Waals surface area contributed by atoms with Crippen LogP contribution in [0.25, 0.3) is 11.0 Å². The number of nitrogens with zero attached hydrogens (tertiary/aromatic N) is 2. The van der Waals surface area contributed by atoms with Crippen molar-refractivity contribution in [2.45, 2.75) is 32.8 Å². The number of carbonyl (C=O) groups is 1. The van der Waals surface area contributed by atoms with Crippen LogP contribution in [0.15, 0.2) is 51.7 Å². The first kappa shape index (κ1) is 21.9. The topological polar surface area (TPSA) is 83.2 Å². The summed E-state index contributed by atoms with van der Waals surface area (Å²) in [6.45, 7) is 5.82. The summed E-state index contributed by atoms with van der Waals surface area (Å²) in [6.07, 6.45) is 2.02. The van der Waals surface area contributed by atoms with Crippen molar-refractivity contribution < 1.29 is 19.1 Å². The number of ether oxygens (including phenoxy) is 1. The molecule has 3 aromatic rings. The van der Waals surface area contributed by atoms with E-state index in [2.05, 4.69) is 0 Å². The number of anilines is 3. The number of aromatic carboxylic acids is 1. The first-order valence-electron chi connectivity index (χ1n) is 10.9. The molecule has 2 heterocycles.